The summed E-state index contributed by atoms with van der Waals surface area (Å²) in [6.45, 7) is 8.92. The number of alkyl carbamates (subject to hydrolysis) is 1. The number of ether oxygens (including phenoxy) is 1. The van der Waals surface area contributed by atoms with Crippen molar-refractivity contribution in [2.75, 3.05) is 13.3 Å². The van der Waals surface area contributed by atoms with Crippen LogP contribution in [0.2, 0.25) is 24.2 Å². The van der Waals surface area contributed by atoms with Gasteiger partial charge in [0.1, 0.15) is 6.23 Å². The highest BCUT2D eigenvalue weighted by Crippen LogP contribution is 2.18. The summed E-state index contributed by atoms with van der Waals surface area (Å²) in [6, 6.07) is 6.72. The first-order valence-electron chi connectivity index (χ1n) is 7.56. The minimum atomic E-state index is -1.31. The van der Waals surface area contributed by atoms with Gasteiger partial charge in [0.15, 0.2) is 0 Å². The molecule has 1 aromatic carbocycles. The lowest BCUT2D eigenvalue weighted by molar-refractivity contribution is 0.170. The Hall–Kier alpha value is -1.53. The molecule has 0 atom stereocenters. The van der Waals surface area contributed by atoms with Gasteiger partial charge < -0.3 is 14.9 Å². The summed E-state index contributed by atoms with van der Waals surface area (Å²) in [4.78, 5) is 16.7. The SMILES string of the molecule is CC[Si](C)(C)CON=C(C)c1ccc(Cl)c(CNC(=O)OC)c1. The van der Waals surface area contributed by atoms with Crippen LogP contribution in [0.5, 0.6) is 0 Å². The highest BCUT2D eigenvalue weighted by atomic mass is 35.5. The number of amides is 1. The zero-order chi connectivity index (χ0) is 17.5. The molecule has 0 heterocycles. The average molecular weight is 357 g/mol. The number of benzene rings is 1. The van der Waals surface area contributed by atoms with E-state index < -0.39 is 14.2 Å². The number of hydrogen-bond acceptors (Lipinski definition) is 4. The molecule has 0 aliphatic heterocycles. The van der Waals surface area contributed by atoms with Gasteiger partial charge in [0, 0.05) is 11.6 Å². The number of oxime groups is 1. The summed E-state index contributed by atoms with van der Waals surface area (Å²) in [7, 11) is 0.0158. The molecule has 0 spiro atoms. The predicted molar refractivity (Wildman–Crippen MR) is 96.8 cm³/mol. The molecular formula is C16H25ClN2O3Si. The van der Waals surface area contributed by atoms with Crippen LogP contribution in [0.25, 0.3) is 0 Å². The van der Waals surface area contributed by atoms with E-state index in [4.69, 9.17) is 16.4 Å². The second-order valence-electron chi connectivity index (χ2n) is 6.12. The topological polar surface area (TPSA) is 59.9 Å². The molecule has 1 rings (SSSR count). The molecule has 23 heavy (non-hydrogen) atoms. The second kappa shape index (κ2) is 8.93. The summed E-state index contributed by atoms with van der Waals surface area (Å²) < 4.78 is 4.55. The van der Waals surface area contributed by atoms with Gasteiger partial charge in [-0.3, -0.25) is 0 Å². The molecule has 7 heteroatoms. The number of hydrogen-bond donors (Lipinski definition) is 1. The molecular weight excluding hydrogens is 332 g/mol. The third kappa shape index (κ3) is 6.62. The van der Waals surface area contributed by atoms with E-state index in [0.717, 1.165) is 22.9 Å². The van der Waals surface area contributed by atoms with Crippen molar-refractivity contribution in [2.24, 2.45) is 5.16 Å². The van der Waals surface area contributed by atoms with E-state index in [0.29, 0.717) is 17.8 Å². The van der Waals surface area contributed by atoms with Crippen molar-refractivity contribution in [3.8, 4) is 0 Å². The average Bonchev–Trinajstić information content (AvgIpc) is 2.53. The van der Waals surface area contributed by atoms with Crippen molar-refractivity contribution in [1.29, 1.82) is 0 Å². The Morgan fingerprint density at radius 1 is 1.39 bits per heavy atom. The van der Waals surface area contributed by atoms with Crippen LogP contribution in [-0.2, 0) is 16.1 Å². The van der Waals surface area contributed by atoms with Gasteiger partial charge in [-0.2, -0.15) is 0 Å². The molecule has 0 saturated carbocycles. The number of carbonyl (C=O) groups is 1. The first-order valence-corrected chi connectivity index (χ1v) is 11.4. The first kappa shape index (κ1) is 19.5. The quantitative estimate of drug-likeness (QED) is 0.452. The zero-order valence-electron chi connectivity index (χ0n) is 14.4. The number of rotatable bonds is 7. The third-order valence-electron chi connectivity index (χ3n) is 3.69. The maximum atomic E-state index is 11.2. The van der Waals surface area contributed by atoms with E-state index in [9.17, 15) is 4.79 Å². The molecule has 1 amide bonds. The molecule has 0 radical (unpaired) electrons. The van der Waals surface area contributed by atoms with Gasteiger partial charge in [-0.15, -0.1) is 0 Å². The van der Waals surface area contributed by atoms with Crippen molar-refractivity contribution in [2.45, 2.75) is 39.5 Å². The third-order valence-corrected chi connectivity index (χ3v) is 6.88. The van der Waals surface area contributed by atoms with Crippen molar-refractivity contribution in [3.05, 3.63) is 34.3 Å². The molecule has 0 bridgehead atoms. The Kier molecular flexibility index (Phi) is 7.58. The van der Waals surface area contributed by atoms with Crippen LogP contribution in [0.4, 0.5) is 4.79 Å². The standard InChI is InChI=1S/C16H25ClN2O3Si/c1-6-23(4,5)11-22-19-12(2)13-7-8-15(17)14(9-13)10-18-16(20)21-3/h7-9H,6,10-11H2,1-5H3,(H,18,20). The lowest BCUT2D eigenvalue weighted by Gasteiger charge is -2.17. The van der Waals surface area contributed by atoms with Gasteiger partial charge in [-0.05, 0) is 30.2 Å². The molecule has 0 aliphatic rings. The molecule has 1 aromatic rings. The molecule has 0 saturated heterocycles. The van der Waals surface area contributed by atoms with Crippen LogP contribution < -0.4 is 5.32 Å². The Morgan fingerprint density at radius 2 is 2.09 bits per heavy atom. The second-order valence-corrected chi connectivity index (χ2v) is 11.9. The van der Waals surface area contributed by atoms with Crippen LogP contribution in [0.3, 0.4) is 0 Å². The molecule has 0 aromatic heterocycles. The molecule has 0 fully saturated rings. The van der Waals surface area contributed by atoms with Crippen LogP contribution in [0, 0.1) is 0 Å². The van der Waals surface area contributed by atoms with Crippen molar-refractivity contribution >= 4 is 31.5 Å². The number of halogens is 1. The van der Waals surface area contributed by atoms with Crippen molar-refractivity contribution < 1.29 is 14.4 Å². The Balaban J connectivity index is 2.77. The summed E-state index contributed by atoms with van der Waals surface area (Å²) in [5.74, 6) is 0. The van der Waals surface area contributed by atoms with Gasteiger partial charge in [0.2, 0.25) is 0 Å². The monoisotopic (exact) mass is 356 g/mol. The minimum Gasteiger partial charge on any atom is -0.453 e. The van der Waals surface area contributed by atoms with Gasteiger partial charge in [0.05, 0.1) is 20.9 Å². The maximum absolute atomic E-state index is 11.2. The van der Waals surface area contributed by atoms with E-state index in [1.807, 2.05) is 19.1 Å². The van der Waals surface area contributed by atoms with Crippen LogP contribution >= 0.6 is 11.6 Å². The Bertz CT molecular complexity index is 576. The largest absolute Gasteiger partial charge is 0.453 e. The van der Waals surface area contributed by atoms with E-state index >= 15 is 0 Å². The van der Waals surface area contributed by atoms with Gasteiger partial charge in [-0.1, -0.05) is 48.9 Å². The number of nitrogens with one attached hydrogen (secondary N) is 1. The number of methoxy groups -OCH3 is 1. The fourth-order valence-electron chi connectivity index (χ4n) is 1.63. The number of carbonyl (C=O) groups excluding carboxylic acids is 1. The van der Waals surface area contributed by atoms with Crippen LogP contribution in [0.1, 0.15) is 25.0 Å². The summed E-state index contributed by atoms with van der Waals surface area (Å²) >= 11 is 6.15. The zero-order valence-corrected chi connectivity index (χ0v) is 16.2. The smallest absolute Gasteiger partial charge is 0.407 e. The van der Waals surface area contributed by atoms with E-state index in [1.165, 1.54) is 7.11 Å². The summed E-state index contributed by atoms with van der Waals surface area (Å²) in [6.07, 6.45) is 0.206. The predicted octanol–water partition coefficient (Wildman–Crippen LogP) is 4.20. The molecule has 128 valence electrons. The maximum Gasteiger partial charge on any atom is 0.407 e. The minimum absolute atomic E-state index is 0.295. The lowest BCUT2D eigenvalue weighted by atomic mass is 10.1. The van der Waals surface area contributed by atoms with Gasteiger partial charge >= 0.3 is 6.09 Å². The molecule has 1 N–H and O–H groups in total. The van der Waals surface area contributed by atoms with E-state index in [2.05, 4.69) is 35.2 Å². The van der Waals surface area contributed by atoms with Gasteiger partial charge in [-0.25, -0.2) is 4.79 Å². The summed E-state index contributed by atoms with van der Waals surface area (Å²) in [5.41, 5.74) is 2.49. The first-order chi connectivity index (χ1) is 10.8. The number of nitrogens with zero attached hydrogens (tertiary/aromatic N) is 1. The molecule has 0 aliphatic carbocycles. The molecule has 5 nitrogen and oxygen atoms in total. The van der Waals surface area contributed by atoms with Crippen molar-refractivity contribution in [1.82, 2.24) is 5.32 Å². The fraction of sp³-hybridized carbons (Fsp3) is 0.500. The lowest BCUT2D eigenvalue weighted by Crippen LogP contribution is -2.30. The Labute approximate surface area is 144 Å². The molecule has 0 unspecified atom stereocenters. The fourth-order valence-corrected chi connectivity index (χ4v) is 2.44. The van der Waals surface area contributed by atoms with Gasteiger partial charge in [0.25, 0.3) is 0 Å². The normalized spacial score (nSPS) is 12.0. The summed E-state index contributed by atoms with van der Waals surface area (Å²) in [5, 5.41) is 7.40. The van der Waals surface area contributed by atoms with E-state index in [1.54, 1.807) is 6.07 Å². The van der Waals surface area contributed by atoms with Crippen LogP contribution in [0.15, 0.2) is 23.4 Å². The van der Waals surface area contributed by atoms with E-state index in [-0.39, 0.29) is 0 Å². The highest BCUT2D eigenvalue weighted by molar-refractivity contribution is 6.77. The Morgan fingerprint density at radius 3 is 2.70 bits per heavy atom. The highest BCUT2D eigenvalue weighted by Gasteiger charge is 2.19. The van der Waals surface area contributed by atoms with Crippen molar-refractivity contribution in [3.63, 3.8) is 0 Å². The van der Waals surface area contributed by atoms with Crippen LogP contribution in [-0.4, -0.2) is 33.2 Å².